The Bertz CT molecular complexity index is 477. The zero-order valence-electron chi connectivity index (χ0n) is 13.9. The molecule has 0 bridgehead atoms. The van der Waals surface area contributed by atoms with Crippen molar-refractivity contribution in [3.63, 3.8) is 0 Å². The summed E-state index contributed by atoms with van der Waals surface area (Å²) in [6.45, 7) is 4.46. The monoisotopic (exact) mass is 296 g/mol. The Labute approximate surface area is 134 Å². The summed E-state index contributed by atoms with van der Waals surface area (Å²) in [6.07, 6.45) is 7.35. The summed E-state index contributed by atoms with van der Waals surface area (Å²) in [6, 6.07) is 17.3. The molecule has 22 heavy (non-hydrogen) atoms. The van der Waals surface area contributed by atoms with Crippen molar-refractivity contribution in [2.75, 3.05) is 10.9 Å². The second kappa shape index (κ2) is 9.14. The van der Waals surface area contributed by atoms with E-state index in [2.05, 4.69) is 73.2 Å². The minimum absolute atomic E-state index is 1.09. The van der Waals surface area contributed by atoms with Crippen LogP contribution in [0.1, 0.15) is 50.7 Å². The standard InChI is InChI=1S/C20H28N2/c1-3-5-7-17-9-13-19(14-10-17)21-22-20-15-11-18(12-16-20)8-6-4-2/h9-16,21-22H,3-8H2,1-2H3. The van der Waals surface area contributed by atoms with E-state index in [1.807, 2.05) is 0 Å². The molecule has 0 aromatic heterocycles. The molecule has 0 spiro atoms. The highest BCUT2D eigenvalue weighted by atomic mass is 15.4. The van der Waals surface area contributed by atoms with Crippen LogP contribution in [0.5, 0.6) is 0 Å². The summed E-state index contributed by atoms with van der Waals surface area (Å²) in [7, 11) is 0. The summed E-state index contributed by atoms with van der Waals surface area (Å²) < 4.78 is 0. The van der Waals surface area contributed by atoms with Crippen LogP contribution < -0.4 is 10.9 Å². The lowest BCUT2D eigenvalue weighted by atomic mass is 10.1. The number of hydrogen-bond acceptors (Lipinski definition) is 2. The molecule has 0 saturated heterocycles. The van der Waals surface area contributed by atoms with Gasteiger partial charge in [0.15, 0.2) is 0 Å². The van der Waals surface area contributed by atoms with Crippen molar-refractivity contribution in [1.29, 1.82) is 0 Å². The molecule has 0 atom stereocenters. The van der Waals surface area contributed by atoms with Crippen LogP contribution in [0.2, 0.25) is 0 Å². The van der Waals surface area contributed by atoms with E-state index in [9.17, 15) is 0 Å². The van der Waals surface area contributed by atoms with E-state index >= 15 is 0 Å². The highest BCUT2D eigenvalue weighted by molar-refractivity contribution is 5.53. The first-order valence-electron chi connectivity index (χ1n) is 8.51. The highest BCUT2D eigenvalue weighted by Gasteiger charge is 1.96. The van der Waals surface area contributed by atoms with Crippen LogP contribution in [-0.2, 0) is 12.8 Å². The maximum Gasteiger partial charge on any atom is 0.0540 e. The lowest BCUT2D eigenvalue weighted by Gasteiger charge is -2.11. The van der Waals surface area contributed by atoms with Crippen LogP contribution >= 0.6 is 0 Å². The predicted molar refractivity (Wildman–Crippen MR) is 97.4 cm³/mol. The van der Waals surface area contributed by atoms with E-state index < -0.39 is 0 Å². The smallest absolute Gasteiger partial charge is 0.0540 e. The molecule has 0 amide bonds. The van der Waals surface area contributed by atoms with Gasteiger partial charge in [0.2, 0.25) is 0 Å². The van der Waals surface area contributed by atoms with Crippen LogP contribution in [0.15, 0.2) is 48.5 Å². The summed E-state index contributed by atoms with van der Waals surface area (Å²) in [5.41, 5.74) is 11.5. The molecule has 0 aliphatic carbocycles. The van der Waals surface area contributed by atoms with Gasteiger partial charge in [0.05, 0.1) is 11.4 Å². The molecule has 2 aromatic carbocycles. The number of anilines is 2. The Hall–Kier alpha value is -1.96. The molecular weight excluding hydrogens is 268 g/mol. The molecule has 0 fully saturated rings. The molecule has 118 valence electrons. The molecule has 0 saturated carbocycles. The van der Waals surface area contributed by atoms with E-state index in [0.717, 1.165) is 11.4 Å². The molecule has 0 heterocycles. The van der Waals surface area contributed by atoms with E-state index in [0.29, 0.717) is 0 Å². The van der Waals surface area contributed by atoms with Crippen molar-refractivity contribution in [2.45, 2.75) is 52.4 Å². The maximum absolute atomic E-state index is 3.26. The molecule has 2 aromatic rings. The zero-order valence-corrected chi connectivity index (χ0v) is 13.9. The summed E-state index contributed by atoms with van der Waals surface area (Å²) >= 11 is 0. The normalized spacial score (nSPS) is 10.5. The number of aryl methyl sites for hydroxylation is 2. The SMILES string of the molecule is CCCCc1ccc(NNc2ccc(CCCC)cc2)cc1. The Kier molecular flexibility index (Phi) is 6.82. The second-order valence-corrected chi connectivity index (χ2v) is 5.85. The van der Waals surface area contributed by atoms with E-state index in [1.165, 1.54) is 49.7 Å². The van der Waals surface area contributed by atoms with Crippen LogP contribution in [-0.4, -0.2) is 0 Å². The third-order valence-electron chi connectivity index (χ3n) is 3.90. The van der Waals surface area contributed by atoms with E-state index in [4.69, 9.17) is 0 Å². The Morgan fingerprint density at radius 2 is 0.955 bits per heavy atom. The van der Waals surface area contributed by atoms with Gasteiger partial charge >= 0.3 is 0 Å². The number of rotatable bonds is 9. The van der Waals surface area contributed by atoms with Crippen molar-refractivity contribution >= 4 is 11.4 Å². The molecule has 2 heteroatoms. The van der Waals surface area contributed by atoms with Gasteiger partial charge in [-0.25, -0.2) is 0 Å². The minimum atomic E-state index is 1.09. The topological polar surface area (TPSA) is 24.1 Å². The van der Waals surface area contributed by atoms with Gasteiger partial charge in [0.25, 0.3) is 0 Å². The van der Waals surface area contributed by atoms with Gasteiger partial charge in [-0.05, 0) is 61.1 Å². The first-order chi connectivity index (χ1) is 10.8. The highest BCUT2D eigenvalue weighted by Crippen LogP contribution is 2.14. The molecule has 0 aliphatic heterocycles. The van der Waals surface area contributed by atoms with E-state index in [-0.39, 0.29) is 0 Å². The molecule has 0 aliphatic rings. The van der Waals surface area contributed by atoms with Gasteiger partial charge < -0.3 is 10.9 Å². The predicted octanol–water partition coefficient (Wildman–Crippen LogP) is 5.81. The lowest BCUT2D eigenvalue weighted by molar-refractivity contribution is 0.795. The second-order valence-electron chi connectivity index (χ2n) is 5.85. The molecule has 0 radical (unpaired) electrons. The van der Waals surface area contributed by atoms with Crippen LogP contribution in [0.25, 0.3) is 0 Å². The first kappa shape index (κ1) is 16.4. The Morgan fingerprint density at radius 1 is 0.591 bits per heavy atom. The van der Waals surface area contributed by atoms with Crippen molar-refractivity contribution in [3.8, 4) is 0 Å². The first-order valence-corrected chi connectivity index (χ1v) is 8.51. The fraction of sp³-hybridized carbons (Fsp3) is 0.400. The summed E-state index contributed by atoms with van der Waals surface area (Å²) in [4.78, 5) is 0. The molecule has 2 rings (SSSR count). The number of nitrogens with one attached hydrogen (secondary N) is 2. The van der Waals surface area contributed by atoms with Gasteiger partial charge in [-0.1, -0.05) is 51.0 Å². The molecule has 2 N–H and O–H groups in total. The van der Waals surface area contributed by atoms with Gasteiger partial charge in [-0.2, -0.15) is 0 Å². The fourth-order valence-corrected chi connectivity index (χ4v) is 2.42. The lowest BCUT2D eigenvalue weighted by Crippen LogP contribution is -2.08. The van der Waals surface area contributed by atoms with Gasteiger partial charge in [-0.15, -0.1) is 0 Å². The Balaban J connectivity index is 1.81. The molecule has 0 unspecified atom stereocenters. The van der Waals surface area contributed by atoms with Crippen molar-refractivity contribution in [1.82, 2.24) is 0 Å². The van der Waals surface area contributed by atoms with Gasteiger partial charge in [-0.3, -0.25) is 0 Å². The van der Waals surface area contributed by atoms with Crippen LogP contribution in [0.4, 0.5) is 11.4 Å². The number of hydrazine groups is 1. The quantitative estimate of drug-likeness (QED) is 0.570. The van der Waals surface area contributed by atoms with Crippen molar-refractivity contribution in [2.24, 2.45) is 0 Å². The summed E-state index contributed by atoms with van der Waals surface area (Å²) in [5.74, 6) is 0. The van der Waals surface area contributed by atoms with E-state index in [1.54, 1.807) is 0 Å². The number of hydrogen-bond donors (Lipinski definition) is 2. The maximum atomic E-state index is 3.26. The number of unbranched alkanes of at least 4 members (excludes halogenated alkanes) is 2. The van der Waals surface area contributed by atoms with Gasteiger partial charge in [0.1, 0.15) is 0 Å². The van der Waals surface area contributed by atoms with Crippen LogP contribution in [0, 0.1) is 0 Å². The molecular formula is C20H28N2. The summed E-state index contributed by atoms with van der Waals surface area (Å²) in [5, 5.41) is 0. The van der Waals surface area contributed by atoms with Crippen molar-refractivity contribution < 1.29 is 0 Å². The minimum Gasteiger partial charge on any atom is -0.301 e. The third kappa shape index (κ3) is 5.44. The number of benzene rings is 2. The van der Waals surface area contributed by atoms with Crippen LogP contribution in [0.3, 0.4) is 0 Å². The largest absolute Gasteiger partial charge is 0.301 e. The van der Waals surface area contributed by atoms with Gasteiger partial charge in [0, 0.05) is 0 Å². The fourth-order valence-electron chi connectivity index (χ4n) is 2.42. The average Bonchev–Trinajstić information content (AvgIpc) is 2.58. The zero-order chi connectivity index (χ0) is 15.6. The average molecular weight is 296 g/mol. The Morgan fingerprint density at radius 3 is 1.27 bits per heavy atom. The molecule has 2 nitrogen and oxygen atoms in total. The van der Waals surface area contributed by atoms with Crippen molar-refractivity contribution in [3.05, 3.63) is 59.7 Å². The third-order valence-corrected chi connectivity index (χ3v) is 3.90.